The number of thiazole rings is 1. The molecule has 0 bridgehead atoms. The summed E-state index contributed by atoms with van der Waals surface area (Å²) in [6.45, 7) is 12.7. The number of hydrogen-bond acceptors (Lipinski definition) is 11. The Hall–Kier alpha value is -4.84. The first-order valence-corrected chi connectivity index (χ1v) is 15.8. The van der Waals surface area contributed by atoms with Gasteiger partial charge >= 0.3 is 11.9 Å². The summed E-state index contributed by atoms with van der Waals surface area (Å²) in [5.74, 6) is -0.607. The van der Waals surface area contributed by atoms with E-state index in [1.165, 1.54) is 11.0 Å². The van der Waals surface area contributed by atoms with E-state index < -0.39 is 29.5 Å². The molecule has 1 atom stereocenters. The summed E-state index contributed by atoms with van der Waals surface area (Å²) in [5.41, 5.74) is 0.878. The molecule has 0 aliphatic carbocycles. The Balaban J connectivity index is 1.65. The number of aliphatic hydroxyl groups excluding tert-OH is 1. The molecule has 242 valence electrons. The zero-order valence-corrected chi connectivity index (χ0v) is 27.0. The summed E-state index contributed by atoms with van der Waals surface area (Å²) in [6.07, 6.45) is 2.28. The third kappa shape index (κ3) is 6.57. The van der Waals surface area contributed by atoms with Crippen LogP contribution in [0, 0.1) is 12.8 Å². The van der Waals surface area contributed by atoms with E-state index in [-0.39, 0.29) is 27.8 Å². The van der Waals surface area contributed by atoms with E-state index in [0.29, 0.717) is 66.6 Å². The molecule has 0 saturated carbocycles. The lowest BCUT2D eigenvalue weighted by molar-refractivity contribution is -0.132. The highest BCUT2D eigenvalue weighted by atomic mass is 32.1. The summed E-state index contributed by atoms with van der Waals surface area (Å²) in [4.78, 5) is 46.2. The van der Waals surface area contributed by atoms with Crippen molar-refractivity contribution < 1.29 is 43.2 Å². The van der Waals surface area contributed by atoms with E-state index in [9.17, 15) is 19.5 Å². The molecule has 1 amide bonds. The van der Waals surface area contributed by atoms with E-state index in [4.69, 9.17) is 23.7 Å². The number of carbonyl (C=O) groups excluding carboxylic acids is 3. The van der Waals surface area contributed by atoms with Crippen LogP contribution in [-0.2, 0) is 14.3 Å². The number of ether oxygens (including phenoxy) is 5. The van der Waals surface area contributed by atoms with Crippen LogP contribution >= 0.6 is 11.3 Å². The van der Waals surface area contributed by atoms with E-state index in [1.807, 2.05) is 6.92 Å². The number of rotatable bonds is 12. The molecule has 1 fully saturated rings. The highest BCUT2D eigenvalue weighted by Gasteiger charge is 2.49. The zero-order valence-electron chi connectivity index (χ0n) is 26.2. The number of benzene rings is 2. The Morgan fingerprint density at radius 3 is 2.61 bits per heavy atom. The van der Waals surface area contributed by atoms with Crippen LogP contribution < -0.4 is 23.8 Å². The van der Waals surface area contributed by atoms with Gasteiger partial charge in [-0.05, 0) is 62.1 Å². The SMILES string of the molecule is C=CCOC(=O)c1sc(N2C(=O)C(=O)C(=C(O)c3ccc4c(c3)OCCO4)[C@@H]2c2ccc(OCCC(C)C)c(OCC)c2)nc1C. The number of aromatic nitrogens is 1. The molecule has 12 heteroatoms. The molecule has 0 radical (unpaired) electrons. The first-order chi connectivity index (χ1) is 22.1. The number of ketones is 1. The number of Topliss-reactive ketones (excluding diaryl/α,β-unsaturated/α-hetero) is 1. The number of aliphatic hydroxyl groups is 1. The lowest BCUT2D eigenvalue weighted by Crippen LogP contribution is -2.29. The minimum Gasteiger partial charge on any atom is -0.507 e. The normalized spacial score (nSPS) is 16.9. The van der Waals surface area contributed by atoms with Gasteiger partial charge in [-0.3, -0.25) is 14.5 Å². The molecule has 1 saturated heterocycles. The minimum atomic E-state index is -1.13. The predicted octanol–water partition coefficient (Wildman–Crippen LogP) is 6.02. The Morgan fingerprint density at radius 1 is 1.13 bits per heavy atom. The van der Waals surface area contributed by atoms with E-state index >= 15 is 0 Å². The maximum atomic E-state index is 13.8. The topological polar surface area (TPSA) is 134 Å². The van der Waals surface area contributed by atoms with Crippen molar-refractivity contribution in [2.24, 2.45) is 5.92 Å². The van der Waals surface area contributed by atoms with Crippen LogP contribution in [0.1, 0.15) is 59.7 Å². The van der Waals surface area contributed by atoms with Gasteiger partial charge in [-0.15, -0.1) is 0 Å². The van der Waals surface area contributed by atoms with Gasteiger partial charge in [0.1, 0.15) is 30.5 Å². The van der Waals surface area contributed by atoms with Gasteiger partial charge in [-0.1, -0.05) is 43.9 Å². The summed E-state index contributed by atoms with van der Waals surface area (Å²) >= 11 is 0.915. The lowest BCUT2D eigenvalue weighted by atomic mass is 9.95. The summed E-state index contributed by atoms with van der Waals surface area (Å²) in [5, 5.41) is 11.8. The number of esters is 1. The van der Waals surface area contributed by atoms with Crippen molar-refractivity contribution in [3.63, 3.8) is 0 Å². The van der Waals surface area contributed by atoms with Gasteiger partial charge in [0.2, 0.25) is 0 Å². The fraction of sp³-hybridized carbons (Fsp3) is 0.353. The molecule has 1 N–H and O–H groups in total. The summed E-state index contributed by atoms with van der Waals surface area (Å²) in [6, 6.07) is 8.78. The molecule has 1 aromatic heterocycles. The Labute approximate surface area is 271 Å². The van der Waals surface area contributed by atoms with Gasteiger partial charge in [-0.25, -0.2) is 9.78 Å². The van der Waals surface area contributed by atoms with E-state index in [0.717, 1.165) is 17.8 Å². The van der Waals surface area contributed by atoms with Crippen molar-refractivity contribution in [3.05, 3.63) is 76.3 Å². The number of fused-ring (bicyclic) bond motifs is 1. The highest BCUT2D eigenvalue weighted by molar-refractivity contribution is 7.17. The number of nitrogens with zero attached hydrogens (tertiary/aromatic N) is 2. The van der Waals surface area contributed by atoms with Gasteiger partial charge in [0.25, 0.3) is 5.78 Å². The van der Waals surface area contributed by atoms with Gasteiger partial charge in [0, 0.05) is 5.56 Å². The van der Waals surface area contributed by atoms with Gasteiger partial charge < -0.3 is 28.8 Å². The van der Waals surface area contributed by atoms with E-state index in [1.54, 1.807) is 43.3 Å². The van der Waals surface area contributed by atoms with Crippen molar-refractivity contribution in [3.8, 4) is 23.0 Å². The monoisotopic (exact) mass is 648 g/mol. The molecular formula is C34H36N2O9S. The first kappa shape index (κ1) is 32.6. The smallest absolute Gasteiger partial charge is 0.350 e. The van der Waals surface area contributed by atoms with Crippen molar-refractivity contribution in [1.82, 2.24) is 4.98 Å². The molecule has 3 aromatic rings. The van der Waals surface area contributed by atoms with Crippen LogP contribution in [0.25, 0.3) is 5.76 Å². The van der Waals surface area contributed by atoms with Crippen molar-refractivity contribution >= 4 is 39.9 Å². The van der Waals surface area contributed by atoms with Gasteiger partial charge in [0.05, 0.1) is 30.5 Å². The largest absolute Gasteiger partial charge is 0.507 e. The molecule has 0 unspecified atom stereocenters. The highest BCUT2D eigenvalue weighted by Crippen LogP contribution is 2.46. The number of aryl methyl sites for hydroxylation is 1. The van der Waals surface area contributed by atoms with Crippen LogP contribution in [0.2, 0.25) is 0 Å². The van der Waals surface area contributed by atoms with Crippen LogP contribution in [0.4, 0.5) is 5.13 Å². The quantitative estimate of drug-likeness (QED) is 0.0818. The average Bonchev–Trinajstić information content (AvgIpc) is 3.55. The summed E-state index contributed by atoms with van der Waals surface area (Å²) in [7, 11) is 0. The zero-order chi connectivity index (χ0) is 33.0. The minimum absolute atomic E-state index is 0.00263. The molecule has 2 aliphatic rings. The number of hydrogen-bond donors (Lipinski definition) is 1. The Kier molecular flexibility index (Phi) is 9.96. The number of amides is 1. The molecule has 46 heavy (non-hydrogen) atoms. The fourth-order valence-electron chi connectivity index (χ4n) is 5.05. The van der Waals surface area contributed by atoms with Gasteiger partial charge in [-0.2, -0.15) is 0 Å². The third-order valence-corrected chi connectivity index (χ3v) is 8.44. The molecule has 5 rings (SSSR count). The molecule has 0 spiro atoms. The van der Waals surface area contributed by atoms with Crippen molar-refractivity contribution in [1.29, 1.82) is 0 Å². The summed E-state index contributed by atoms with van der Waals surface area (Å²) < 4.78 is 28.4. The van der Waals surface area contributed by atoms with Crippen LogP contribution in [0.15, 0.2) is 54.6 Å². The molecule has 3 heterocycles. The molecule has 2 aromatic carbocycles. The van der Waals surface area contributed by atoms with Crippen LogP contribution in [-0.4, -0.2) is 60.8 Å². The second-order valence-electron chi connectivity index (χ2n) is 11.0. The van der Waals surface area contributed by atoms with Gasteiger partial charge in [0.15, 0.2) is 28.1 Å². The second kappa shape index (κ2) is 14.1. The maximum absolute atomic E-state index is 13.8. The second-order valence-corrected chi connectivity index (χ2v) is 12.0. The molecule has 11 nitrogen and oxygen atoms in total. The van der Waals surface area contributed by atoms with Crippen LogP contribution in [0.5, 0.6) is 23.0 Å². The van der Waals surface area contributed by atoms with Crippen molar-refractivity contribution in [2.45, 2.75) is 40.2 Å². The van der Waals surface area contributed by atoms with Crippen molar-refractivity contribution in [2.75, 3.05) is 37.9 Å². The Bertz CT molecular complexity index is 1690. The maximum Gasteiger partial charge on any atom is 0.350 e. The number of carbonyl (C=O) groups is 3. The van der Waals surface area contributed by atoms with E-state index in [2.05, 4.69) is 25.4 Å². The molecular weight excluding hydrogens is 612 g/mol. The average molecular weight is 649 g/mol. The molecule has 2 aliphatic heterocycles. The van der Waals surface area contributed by atoms with Crippen LogP contribution in [0.3, 0.4) is 0 Å². The predicted molar refractivity (Wildman–Crippen MR) is 172 cm³/mol. The number of anilines is 1. The first-order valence-electron chi connectivity index (χ1n) is 15.0. The Morgan fingerprint density at radius 2 is 1.89 bits per heavy atom. The standard InChI is InChI=1S/C34H36N2O9S/c1-6-13-45-33(40)31-20(5)35-34(46-31)36-28(21-8-10-23(25(17-21)41-7-2)42-14-12-19(3)4)27(30(38)32(36)39)29(37)22-9-11-24-26(18-22)44-16-15-43-24/h6,8-11,17-19,28,37H,1,7,12-16H2,2-5H3/t28-/m0/s1. The third-order valence-electron chi connectivity index (χ3n) is 7.31. The fourth-order valence-corrected chi connectivity index (χ4v) is 6.04. The lowest BCUT2D eigenvalue weighted by Gasteiger charge is -2.24.